The van der Waals surface area contributed by atoms with E-state index in [1.807, 2.05) is 12.1 Å². The summed E-state index contributed by atoms with van der Waals surface area (Å²) in [6.07, 6.45) is 0. The summed E-state index contributed by atoms with van der Waals surface area (Å²) in [6.45, 7) is 4.54. The van der Waals surface area contributed by atoms with Crippen molar-refractivity contribution in [3.8, 4) is 5.75 Å². The molecule has 1 aromatic rings. The van der Waals surface area contributed by atoms with Crippen LogP contribution in [0.1, 0.15) is 22.7 Å². The molecule has 0 aliphatic carbocycles. The Morgan fingerprint density at radius 2 is 1.86 bits per heavy atom. The Morgan fingerprint density at radius 3 is 2.36 bits per heavy atom. The lowest BCUT2D eigenvalue weighted by Gasteiger charge is -2.16. The monoisotopic (exact) mass is 194 g/mol. The molecule has 0 saturated carbocycles. The van der Waals surface area contributed by atoms with E-state index in [4.69, 9.17) is 16.2 Å². The van der Waals surface area contributed by atoms with Gasteiger partial charge in [0, 0.05) is 18.2 Å². The highest BCUT2D eigenvalue weighted by Crippen LogP contribution is 2.26. The molecule has 78 valence electrons. The number of nitrogens with two attached hydrogens (primary N) is 2. The third kappa shape index (κ3) is 2.05. The van der Waals surface area contributed by atoms with Gasteiger partial charge in [0.05, 0.1) is 7.11 Å². The van der Waals surface area contributed by atoms with E-state index in [9.17, 15) is 0 Å². The summed E-state index contributed by atoms with van der Waals surface area (Å²) < 4.78 is 5.27. The number of methoxy groups -OCH3 is 1. The molecule has 3 nitrogen and oxygen atoms in total. The average molecular weight is 194 g/mol. The zero-order chi connectivity index (χ0) is 10.7. The maximum Gasteiger partial charge on any atom is 0.123 e. The van der Waals surface area contributed by atoms with Gasteiger partial charge in [-0.1, -0.05) is 6.07 Å². The third-order valence-electron chi connectivity index (χ3n) is 2.50. The van der Waals surface area contributed by atoms with E-state index >= 15 is 0 Å². The fraction of sp³-hybridized carbons (Fsp3) is 0.455. The second kappa shape index (κ2) is 4.44. The van der Waals surface area contributed by atoms with Crippen LogP contribution >= 0.6 is 0 Å². The Hall–Kier alpha value is -1.06. The van der Waals surface area contributed by atoms with Crippen LogP contribution in [0, 0.1) is 13.8 Å². The second-order valence-corrected chi connectivity index (χ2v) is 3.52. The molecule has 0 fully saturated rings. The van der Waals surface area contributed by atoms with E-state index in [-0.39, 0.29) is 6.04 Å². The van der Waals surface area contributed by atoms with E-state index in [0.717, 1.165) is 11.3 Å². The molecule has 3 heteroatoms. The molecule has 0 aliphatic heterocycles. The van der Waals surface area contributed by atoms with Crippen molar-refractivity contribution >= 4 is 0 Å². The van der Waals surface area contributed by atoms with E-state index in [1.165, 1.54) is 11.1 Å². The maximum atomic E-state index is 5.88. The minimum atomic E-state index is -0.149. The first-order valence-electron chi connectivity index (χ1n) is 4.71. The molecule has 0 unspecified atom stereocenters. The van der Waals surface area contributed by atoms with E-state index in [1.54, 1.807) is 7.11 Å². The molecule has 14 heavy (non-hydrogen) atoms. The molecule has 0 bridgehead atoms. The van der Waals surface area contributed by atoms with Gasteiger partial charge in [-0.2, -0.15) is 0 Å². The highest BCUT2D eigenvalue weighted by Gasteiger charge is 2.11. The molecular weight excluding hydrogens is 176 g/mol. The van der Waals surface area contributed by atoms with Gasteiger partial charge >= 0.3 is 0 Å². The van der Waals surface area contributed by atoms with Crippen LogP contribution in [0.2, 0.25) is 0 Å². The van der Waals surface area contributed by atoms with Gasteiger partial charge in [-0.15, -0.1) is 0 Å². The molecule has 0 saturated heterocycles. The van der Waals surface area contributed by atoms with Crippen LogP contribution in [0.25, 0.3) is 0 Å². The minimum Gasteiger partial charge on any atom is -0.496 e. The Bertz CT molecular complexity index is 323. The van der Waals surface area contributed by atoms with Gasteiger partial charge < -0.3 is 16.2 Å². The molecule has 1 rings (SSSR count). The molecule has 0 heterocycles. The van der Waals surface area contributed by atoms with Gasteiger partial charge in [-0.3, -0.25) is 0 Å². The average Bonchev–Trinajstić information content (AvgIpc) is 2.20. The fourth-order valence-electron chi connectivity index (χ4n) is 1.41. The van der Waals surface area contributed by atoms with Gasteiger partial charge in [0.1, 0.15) is 5.75 Å². The molecule has 0 aromatic heterocycles. The number of ether oxygens (including phenoxy) is 1. The summed E-state index contributed by atoms with van der Waals surface area (Å²) in [5, 5.41) is 0. The zero-order valence-corrected chi connectivity index (χ0v) is 9.00. The Kier molecular flexibility index (Phi) is 3.49. The van der Waals surface area contributed by atoms with Crippen molar-refractivity contribution in [3.05, 3.63) is 28.8 Å². The summed E-state index contributed by atoms with van der Waals surface area (Å²) in [5.41, 5.74) is 14.8. The van der Waals surface area contributed by atoms with Crippen LogP contribution in [-0.2, 0) is 0 Å². The first kappa shape index (κ1) is 11.0. The van der Waals surface area contributed by atoms with Crippen LogP contribution in [0.15, 0.2) is 12.1 Å². The van der Waals surface area contributed by atoms with Crippen molar-refractivity contribution in [1.29, 1.82) is 0 Å². The van der Waals surface area contributed by atoms with Gasteiger partial charge in [-0.05, 0) is 31.0 Å². The summed E-state index contributed by atoms with van der Waals surface area (Å²) >= 11 is 0. The lowest BCUT2D eigenvalue weighted by molar-refractivity contribution is 0.405. The zero-order valence-electron chi connectivity index (χ0n) is 9.00. The third-order valence-corrected chi connectivity index (χ3v) is 2.50. The topological polar surface area (TPSA) is 61.3 Å². The Balaban J connectivity index is 3.19. The first-order chi connectivity index (χ1) is 6.60. The minimum absolute atomic E-state index is 0.149. The van der Waals surface area contributed by atoms with E-state index in [0.29, 0.717) is 6.54 Å². The van der Waals surface area contributed by atoms with Crippen LogP contribution < -0.4 is 16.2 Å². The molecule has 0 radical (unpaired) electrons. The lowest BCUT2D eigenvalue weighted by atomic mass is 10.0. The second-order valence-electron chi connectivity index (χ2n) is 3.52. The number of hydrogen-bond acceptors (Lipinski definition) is 3. The molecule has 0 aliphatic rings. The standard InChI is InChI=1S/C11H18N2O/c1-7-4-9(10(13)6-12)11(14-3)5-8(7)2/h4-5,10H,6,12-13H2,1-3H3/t10-/m1/s1. The summed E-state index contributed by atoms with van der Waals surface area (Å²) in [5.74, 6) is 0.825. The molecule has 4 N–H and O–H groups in total. The quantitative estimate of drug-likeness (QED) is 0.761. The predicted molar refractivity (Wildman–Crippen MR) is 58.5 cm³/mol. The molecular formula is C11H18N2O. The van der Waals surface area contributed by atoms with Crippen LogP contribution in [0.3, 0.4) is 0 Å². The van der Waals surface area contributed by atoms with Gasteiger partial charge in [-0.25, -0.2) is 0 Å². The van der Waals surface area contributed by atoms with Crippen molar-refractivity contribution in [3.63, 3.8) is 0 Å². The molecule has 0 amide bonds. The van der Waals surface area contributed by atoms with E-state index < -0.39 is 0 Å². The van der Waals surface area contributed by atoms with Crippen molar-refractivity contribution in [1.82, 2.24) is 0 Å². The highest BCUT2D eigenvalue weighted by atomic mass is 16.5. The molecule has 1 atom stereocenters. The highest BCUT2D eigenvalue weighted by molar-refractivity contribution is 5.43. The smallest absolute Gasteiger partial charge is 0.123 e. The Morgan fingerprint density at radius 1 is 1.29 bits per heavy atom. The summed E-state index contributed by atoms with van der Waals surface area (Å²) in [7, 11) is 1.65. The first-order valence-corrected chi connectivity index (χ1v) is 4.71. The van der Waals surface area contributed by atoms with Crippen LogP contribution in [-0.4, -0.2) is 13.7 Å². The summed E-state index contributed by atoms with van der Waals surface area (Å²) in [4.78, 5) is 0. The van der Waals surface area contributed by atoms with Crippen LogP contribution in [0.5, 0.6) is 5.75 Å². The van der Waals surface area contributed by atoms with Crippen LogP contribution in [0.4, 0.5) is 0 Å². The van der Waals surface area contributed by atoms with Crippen molar-refractivity contribution in [2.75, 3.05) is 13.7 Å². The van der Waals surface area contributed by atoms with Crippen molar-refractivity contribution in [2.24, 2.45) is 11.5 Å². The van der Waals surface area contributed by atoms with Gasteiger partial charge in [0.15, 0.2) is 0 Å². The molecule has 1 aromatic carbocycles. The van der Waals surface area contributed by atoms with Crippen molar-refractivity contribution in [2.45, 2.75) is 19.9 Å². The Labute approximate surface area is 85.0 Å². The normalized spacial score (nSPS) is 12.6. The largest absolute Gasteiger partial charge is 0.496 e. The van der Waals surface area contributed by atoms with Gasteiger partial charge in [0.2, 0.25) is 0 Å². The summed E-state index contributed by atoms with van der Waals surface area (Å²) in [6, 6.07) is 3.90. The van der Waals surface area contributed by atoms with E-state index in [2.05, 4.69) is 13.8 Å². The van der Waals surface area contributed by atoms with Crippen molar-refractivity contribution < 1.29 is 4.74 Å². The predicted octanol–water partition coefficient (Wildman–Crippen LogP) is 1.27. The fourth-order valence-corrected chi connectivity index (χ4v) is 1.41. The van der Waals surface area contributed by atoms with Gasteiger partial charge in [0.25, 0.3) is 0 Å². The number of hydrogen-bond donors (Lipinski definition) is 2. The SMILES string of the molecule is COc1cc(C)c(C)cc1[C@H](N)CN. The lowest BCUT2D eigenvalue weighted by Crippen LogP contribution is -2.21. The molecule has 0 spiro atoms. The maximum absolute atomic E-state index is 5.88. The number of aryl methyl sites for hydroxylation is 2. The number of benzene rings is 1. The number of rotatable bonds is 3.